The molecule has 1 aromatic carbocycles. The van der Waals surface area contributed by atoms with Crippen molar-refractivity contribution in [1.29, 1.82) is 0 Å². The molecule has 4 nitrogen and oxygen atoms in total. The topological polar surface area (TPSA) is 63.2 Å². The number of carbonyl (C=O) groups is 1. The third-order valence-corrected chi connectivity index (χ3v) is 4.29. The van der Waals surface area contributed by atoms with Gasteiger partial charge in [-0.05, 0) is 37.6 Å². The zero-order chi connectivity index (χ0) is 13.9. The van der Waals surface area contributed by atoms with Crippen molar-refractivity contribution in [2.24, 2.45) is 0 Å². The maximum absolute atomic E-state index is 12.9. The average Bonchev–Trinajstić information content (AvgIpc) is 2.26. The second kappa shape index (κ2) is 5.58. The molecule has 1 atom stereocenters. The molecule has 18 heavy (non-hydrogen) atoms. The molecular weight excluding hydrogens is 257 g/mol. The molecule has 0 heterocycles. The van der Waals surface area contributed by atoms with Gasteiger partial charge in [-0.3, -0.25) is 4.79 Å². The average molecular weight is 273 g/mol. The molecule has 0 saturated carbocycles. The van der Waals surface area contributed by atoms with Gasteiger partial charge in [-0.15, -0.1) is 0 Å². The first-order chi connectivity index (χ1) is 8.27. The Morgan fingerprint density at radius 2 is 2.06 bits per heavy atom. The summed E-state index contributed by atoms with van der Waals surface area (Å²) in [6.07, 6.45) is 0.256. The molecule has 100 valence electrons. The van der Waals surface area contributed by atoms with Gasteiger partial charge in [0.15, 0.2) is 0 Å². The van der Waals surface area contributed by atoms with Gasteiger partial charge in [-0.2, -0.15) is 0 Å². The molecule has 0 aliphatic carbocycles. The van der Waals surface area contributed by atoms with Crippen LogP contribution in [0, 0.1) is 12.7 Å². The van der Waals surface area contributed by atoms with Gasteiger partial charge in [-0.1, -0.05) is 6.92 Å². The highest BCUT2D eigenvalue weighted by atomic mass is 32.2. The van der Waals surface area contributed by atoms with Gasteiger partial charge in [0.2, 0.25) is 10.0 Å². The maximum atomic E-state index is 12.9. The van der Waals surface area contributed by atoms with Crippen molar-refractivity contribution in [1.82, 2.24) is 4.72 Å². The molecule has 0 saturated heterocycles. The zero-order valence-corrected chi connectivity index (χ0v) is 11.3. The lowest BCUT2D eigenvalue weighted by Crippen LogP contribution is -2.38. The molecule has 0 bridgehead atoms. The molecule has 1 unspecified atom stereocenters. The van der Waals surface area contributed by atoms with Crippen LogP contribution in [0.3, 0.4) is 0 Å². The zero-order valence-electron chi connectivity index (χ0n) is 10.5. The van der Waals surface area contributed by atoms with Crippen molar-refractivity contribution in [3.8, 4) is 0 Å². The van der Waals surface area contributed by atoms with Gasteiger partial charge in [-0.25, -0.2) is 17.5 Å². The van der Waals surface area contributed by atoms with Crippen LogP contribution in [0.25, 0.3) is 0 Å². The van der Waals surface area contributed by atoms with Crippen molar-refractivity contribution < 1.29 is 17.6 Å². The van der Waals surface area contributed by atoms with Crippen LogP contribution >= 0.6 is 0 Å². The Morgan fingerprint density at radius 3 is 2.56 bits per heavy atom. The largest absolute Gasteiger partial charge is 0.298 e. The number of halogens is 1. The first-order valence-electron chi connectivity index (χ1n) is 5.59. The fourth-order valence-electron chi connectivity index (χ4n) is 1.58. The minimum absolute atomic E-state index is 0.0142. The predicted octanol–water partition coefficient (Wildman–Crippen LogP) is 1.78. The van der Waals surface area contributed by atoms with E-state index >= 15 is 0 Å². The molecule has 0 radical (unpaired) electrons. The lowest BCUT2D eigenvalue weighted by atomic mass is 10.2. The fourth-order valence-corrected chi connectivity index (χ4v) is 3.04. The quantitative estimate of drug-likeness (QED) is 0.889. The summed E-state index contributed by atoms with van der Waals surface area (Å²) in [5.41, 5.74) is 0.304. The summed E-state index contributed by atoms with van der Waals surface area (Å²) < 4.78 is 39.2. The molecule has 6 heteroatoms. The second-order valence-electron chi connectivity index (χ2n) is 4.07. The van der Waals surface area contributed by atoms with Gasteiger partial charge < -0.3 is 0 Å². The number of nitrogens with one attached hydrogen (secondary N) is 1. The Kier molecular flexibility index (Phi) is 4.59. The van der Waals surface area contributed by atoms with E-state index < -0.39 is 21.9 Å². The van der Waals surface area contributed by atoms with Gasteiger partial charge >= 0.3 is 0 Å². The number of ketones is 1. The molecule has 0 aromatic heterocycles. The predicted molar refractivity (Wildman–Crippen MR) is 66.2 cm³/mol. The highest BCUT2D eigenvalue weighted by molar-refractivity contribution is 7.89. The summed E-state index contributed by atoms with van der Waals surface area (Å²) in [4.78, 5) is 11.4. The number of Topliss-reactive ketones (excluding diaryl/α,β-unsaturated/α-hetero) is 1. The summed E-state index contributed by atoms with van der Waals surface area (Å²) in [6.45, 7) is 4.66. The van der Waals surface area contributed by atoms with Crippen LogP contribution in [-0.2, 0) is 14.8 Å². The second-order valence-corrected chi connectivity index (χ2v) is 5.76. The van der Waals surface area contributed by atoms with Crippen LogP contribution < -0.4 is 4.72 Å². The highest BCUT2D eigenvalue weighted by Crippen LogP contribution is 2.16. The van der Waals surface area contributed by atoms with E-state index in [0.717, 1.165) is 12.1 Å². The summed E-state index contributed by atoms with van der Waals surface area (Å²) in [5.74, 6) is -0.692. The maximum Gasteiger partial charge on any atom is 0.241 e. The van der Waals surface area contributed by atoms with E-state index in [2.05, 4.69) is 4.72 Å². The Labute approximate surface area is 106 Å². The minimum atomic E-state index is -3.80. The number of aryl methyl sites for hydroxylation is 1. The smallest absolute Gasteiger partial charge is 0.241 e. The molecule has 0 amide bonds. The number of sulfonamides is 1. The monoisotopic (exact) mass is 273 g/mol. The Morgan fingerprint density at radius 1 is 1.44 bits per heavy atom. The van der Waals surface area contributed by atoms with Gasteiger partial charge in [0, 0.05) is 6.42 Å². The SMILES string of the molecule is CCC(=O)C(C)NS(=O)(=O)c1ccc(F)cc1C. The van der Waals surface area contributed by atoms with E-state index in [9.17, 15) is 17.6 Å². The number of hydrogen-bond donors (Lipinski definition) is 1. The van der Waals surface area contributed by atoms with Crippen molar-refractivity contribution in [3.63, 3.8) is 0 Å². The Hall–Kier alpha value is -1.27. The van der Waals surface area contributed by atoms with Crippen molar-refractivity contribution in [2.75, 3.05) is 0 Å². The van der Waals surface area contributed by atoms with Crippen molar-refractivity contribution in [2.45, 2.75) is 38.1 Å². The Bertz CT molecular complexity index is 554. The van der Waals surface area contributed by atoms with Gasteiger partial charge in [0.25, 0.3) is 0 Å². The standard InChI is InChI=1S/C12H16FNO3S/c1-4-11(15)9(3)14-18(16,17)12-6-5-10(13)7-8(12)2/h5-7,9,14H,4H2,1-3H3. The van der Waals surface area contributed by atoms with E-state index in [1.165, 1.54) is 19.9 Å². The highest BCUT2D eigenvalue weighted by Gasteiger charge is 2.22. The number of carbonyl (C=O) groups excluding carboxylic acids is 1. The number of benzene rings is 1. The Balaban J connectivity index is 3.04. The molecular formula is C12H16FNO3S. The van der Waals surface area contributed by atoms with Crippen LogP contribution in [0.4, 0.5) is 4.39 Å². The van der Waals surface area contributed by atoms with Crippen molar-refractivity contribution >= 4 is 15.8 Å². The summed E-state index contributed by atoms with van der Waals surface area (Å²) >= 11 is 0. The lowest BCUT2D eigenvalue weighted by molar-refractivity contribution is -0.119. The third kappa shape index (κ3) is 3.36. The van der Waals surface area contributed by atoms with Crippen molar-refractivity contribution in [3.05, 3.63) is 29.6 Å². The minimum Gasteiger partial charge on any atom is -0.298 e. The van der Waals surface area contributed by atoms with E-state index in [0.29, 0.717) is 5.56 Å². The summed E-state index contributed by atoms with van der Waals surface area (Å²) in [5, 5.41) is 0. The first-order valence-corrected chi connectivity index (χ1v) is 7.07. The molecule has 0 spiro atoms. The fraction of sp³-hybridized carbons (Fsp3) is 0.417. The van der Waals surface area contributed by atoms with E-state index in [1.54, 1.807) is 6.92 Å². The number of rotatable bonds is 5. The first kappa shape index (κ1) is 14.8. The molecule has 1 N–H and O–H groups in total. The normalized spacial score (nSPS) is 13.3. The van der Waals surface area contributed by atoms with E-state index in [4.69, 9.17) is 0 Å². The van der Waals surface area contributed by atoms with E-state index in [-0.39, 0.29) is 17.1 Å². The molecule has 0 aliphatic rings. The van der Waals surface area contributed by atoms with E-state index in [1.807, 2.05) is 0 Å². The molecule has 0 fully saturated rings. The molecule has 0 aliphatic heterocycles. The van der Waals surface area contributed by atoms with Gasteiger partial charge in [0.05, 0.1) is 10.9 Å². The van der Waals surface area contributed by atoms with Crippen LogP contribution in [0.15, 0.2) is 23.1 Å². The number of hydrogen-bond acceptors (Lipinski definition) is 3. The molecule has 1 rings (SSSR count). The summed E-state index contributed by atoms with van der Waals surface area (Å²) in [7, 11) is -3.80. The van der Waals surface area contributed by atoms with Crippen LogP contribution in [0.1, 0.15) is 25.8 Å². The summed E-state index contributed by atoms with van der Waals surface area (Å²) in [6, 6.07) is 2.62. The third-order valence-electron chi connectivity index (χ3n) is 2.59. The van der Waals surface area contributed by atoms with Crippen LogP contribution in [0.5, 0.6) is 0 Å². The lowest BCUT2D eigenvalue weighted by Gasteiger charge is -2.13. The van der Waals surface area contributed by atoms with Gasteiger partial charge in [0.1, 0.15) is 11.6 Å². The van der Waals surface area contributed by atoms with Crippen LogP contribution in [0.2, 0.25) is 0 Å². The van der Waals surface area contributed by atoms with Crippen LogP contribution in [-0.4, -0.2) is 20.2 Å². The molecule has 1 aromatic rings.